The quantitative estimate of drug-likeness (QED) is 0.591. The molecule has 7 nitrogen and oxygen atoms in total. The zero-order valence-corrected chi connectivity index (χ0v) is 15.1. The van der Waals surface area contributed by atoms with E-state index >= 15 is 0 Å². The molecule has 0 spiro atoms. The number of morpholine rings is 1. The molecule has 0 aromatic heterocycles. The first-order chi connectivity index (χ1) is 13.1. The van der Waals surface area contributed by atoms with E-state index in [0.717, 1.165) is 30.5 Å². The number of hydrogen-bond donors (Lipinski definition) is 1. The number of para-hydroxylation sites is 1. The summed E-state index contributed by atoms with van der Waals surface area (Å²) in [5.74, 6) is -0.0921. The second-order valence-electron chi connectivity index (χ2n) is 6.21. The van der Waals surface area contributed by atoms with Crippen molar-refractivity contribution >= 4 is 11.4 Å². The van der Waals surface area contributed by atoms with Gasteiger partial charge in [0.25, 0.3) is 0 Å². The van der Waals surface area contributed by atoms with Crippen LogP contribution in [0.4, 0.5) is 15.8 Å². The average Bonchev–Trinajstić information content (AvgIpc) is 2.69. The molecule has 0 radical (unpaired) electrons. The lowest BCUT2D eigenvalue weighted by Crippen LogP contribution is -2.41. The van der Waals surface area contributed by atoms with Gasteiger partial charge in [-0.15, -0.1) is 0 Å². The van der Waals surface area contributed by atoms with Gasteiger partial charge in [-0.05, 0) is 29.8 Å². The molecular weight excluding hydrogens is 353 g/mol. The normalized spacial score (nSPS) is 15.9. The number of nitrogens with one attached hydrogen (secondary N) is 1. The van der Waals surface area contributed by atoms with Gasteiger partial charge in [0.15, 0.2) is 0 Å². The van der Waals surface area contributed by atoms with Gasteiger partial charge in [-0.25, -0.2) is 0 Å². The summed E-state index contributed by atoms with van der Waals surface area (Å²) in [5, 5.41) is 14.3. The number of methoxy groups -OCH3 is 1. The van der Waals surface area contributed by atoms with Crippen LogP contribution in [-0.2, 0) is 4.74 Å². The SMILES string of the molecule is COc1ccc(C(CNc2cccc(F)c2[N+](=O)[O-])N2CCOCC2)cc1. The molecule has 1 atom stereocenters. The second kappa shape index (κ2) is 8.79. The third kappa shape index (κ3) is 4.53. The summed E-state index contributed by atoms with van der Waals surface area (Å²) in [6.45, 7) is 3.17. The van der Waals surface area contributed by atoms with Gasteiger partial charge in [0, 0.05) is 19.6 Å². The van der Waals surface area contributed by atoms with Crippen LogP contribution in [0.15, 0.2) is 42.5 Å². The van der Waals surface area contributed by atoms with E-state index in [2.05, 4.69) is 10.2 Å². The molecule has 3 rings (SSSR count). The van der Waals surface area contributed by atoms with Crippen molar-refractivity contribution in [3.63, 3.8) is 0 Å². The van der Waals surface area contributed by atoms with Crippen molar-refractivity contribution in [2.75, 3.05) is 45.3 Å². The minimum Gasteiger partial charge on any atom is -0.497 e. The second-order valence-corrected chi connectivity index (χ2v) is 6.21. The first-order valence-electron chi connectivity index (χ1n) is 8.72. The van der Waals surface area contributed by atoms with Crippen molar-refractivity contribution in [3.05, 3.63) is 64.0 Å². The number of benzene rings is 2. The Morgan fingerprint density at radius 2 is 1.96 bits per heavy atom. The van der Waals surface area contributed by atoms with E-state index in [1.807, 2.05) is 24.3 Å². The van der Waals surface area contributed by atoms with E-state index in [-0.39, 0.29) is 11.7 Å². The number of nitro benzene ring substituents is 1. The predicted octanol–water partition coefficient (Wildman–Crippen LogP) is 3.23. The van der Waals surface area contributed by atoms with Gasteiger partial charge in [0.1, 0.15) is 11.4 Å². The van der Waals surface area contributed by atoms with E-state index in [9.17, 15) is 14.5 Å². The number of nitrogens with zero attached hydrogens (tertiary/aromatic N) is 2. The van der Waals surface area contributed by atoms with Crippen LogP contribution < -0.4 is 10.1 Å². The van der Waals surface area contributed by atoms with Crippen LogP contribution in [0.3, 0.4) is 0 Å². The van der Waals surface area contributed by atoms with Crippen LogP contribution in [0.5, 0.6) is 5.75 Å². The highest BCUT2D eigenvalue weighted by molar-refractivity contribution is 5.62. The maximum absolute atomic E-state index is 13.9. The molecule has 144 valence electrons. The number of ether oxygens (including phenoxy) is 2. The number of rotatable bonds is 7. The molecule has 1 fully saturated rings. The van der Waals surface area contributed by atoms with Crippen molar-refractivity contribution in [1.29, 1.82) is 0 Å². The van der Waals surface area contributed by atoms with Gasteiger partial charge >= 0.3 is 5.69 Å². The minimum absolute atomic E-state index is 0.0392. The summed E-state index contributed by atoms with van der Waals surface area (Å²) < 4.78 is 24.5. The molecule has 1 aliphatic heterocycles. The number of nitro groups is 1. The number of halogens is 1. The molecule has 27 heavy (non-hydrogen) atoms. The largest absolute Gasteiger partial charge is 0.497 e. The average molecular weight is 375 g/mol. The zero-order chi connectivity index (χ0) is 19.2. The molecule has 1 unspecified atom stereocenters. The van der Waals surface area contributed by atoms with E-state index in [1.165, 1.54) is 12.1 Å². The lowest BCUT2D eigenvalue weighted by molar-refractivity contribution is -0.386. The minimum atomic E-state index is -0.850. The highest BCUT2D eigenvalue weighted by Gasteiger charge is 2.25. The van der Waals surface area contributed by atoms with Crippen molar-refractivity contribution in [1.82, 2.24) is 4.90 Å². The lowest BCUT2D eigenvalue weighted by atomic mass is 10.0. The summed E-state index contributed by atoms with van der Waals surface area (Å²) in [7, 11) is 1.61. The molecule has 8 heteroatoms. The Morgan fingerprint density at radius 3 is 2.59 bits per heavy atom. The maximum Gasteiger partial charge on any atom is 0.327 e. The third-order valence-corrected chi connectivity index (χ3v) is 4.64. The van der Waals surface area contributed by atoms with Crippen LogP contribution in [0.25, 0.3) is 0 Å². The van der Waals surface area contributed by atoms with E-state index < -0.39 is 16.4 Å². The molecule has 1 N–H and O–H groups in total. The monoisotopic (exact) mass is 375 g/mol. The molecule has 2 aromatic carbocycles. The first-order valence-corrected chi connectivity index (χ1v) is 8.72. The maximum atomic E-state index is 13.9. The molecule has 0 bridgehead atoms. The zero-order valence-electron chi connectivity index (χ0n) is 15.1. The van der Waals surface area contributed by atoms with Gasteiger partial charge in [0.2, 0.25) is 5.82 Å². The van der Waals surface area contributed by atoms with E-state index in [1.54, 1.807) is 7.11 Å². The smallest absolute Gasteiger partial charge is 0.327 e. The van der Waals surface area contributed by atoms with Crippen molar-refractivity contribution < 1.29 is 18.8 Å². The highest BCUT2D eigenvalue weighted by Crippen LogP contribution is 2.30. The Labute approximate surface area is 156 Å². The summed E-state index contributed by atoms with van der Waals surface area (Å²) in [5.41, 5.74) is 0.684. The Balaban J connectivity index is 1.83. The van der Waals surface area contributed by atoms with Crippen molar-refractivity contribution in [2.24, 2.45) is 0 Å². The Kier molecular flexibility index (Phi) is 6.20. The molecule has 2 aromatic rings. The molecule has 0 aliphatic carbocycles. The van der Waals surface area contributed by atoms with E-state index in [0.29, 0.717) is 19.8 Å². The Morgan fingerprint density at radius 1 is 1.26 bits per heavy atom. The summed E-state index contributed by atoms with van der Waals surface area (Å²) >= 11 is 0. The van der Waals surface area contributed by atoms with Gasteiger partial charge in [-0.3, -0.25) is 15.0 Å². The molecule has 1 heterocycles. The van der Waals surface area contributed by atoms with Crippen LogP contribution in [0.1, 0.15) is 11.6 Å². The summed E-state index contributed by atoms with van der Waals surface area (Å²) in [6, 6.07) is 11.7. The van der Waals surface area contributed by atoms with Crippen LogP contribution in [-0.4, -0.2) is 49.8 Å². The summed E-state index contributed by atoms with van der Waals surface area (Å²) in [6.07, 6.45) is 0. The van der Waals surface area contributed by atoms with Crippen LogP contribution in [0.2, 0.25) is 0 Å². The fourth-order valence-electron chi connectivity index (χ4n) is 3.22. The summed E-state index contributed by atoms with van der Waals surface area (Å²) in [4.78, 5) is 12.8. The molecular formula is C19H22FN3O4. The fraction of sp³-hybridized carbons (Fsp3) is 0.368. The molecule has 1 aliphatic rings. The van der Waals surface area contributed by atoms with Gasteiger partial charge in [0.05, 0.1) is 31.3 Å². The number of anilines is 1. The molecule has 0 amide bonds. The third-order valence-electron chi connectivity index (χ3n) is 4.64. The predicted molar refractivity (Wildman–Crippen MR) is 99.7 cm³/mol. The highest BCUT2D eigenvalue weighted by atomic mass is 19.1. The topological polar surface area (TPSA) is 76.9 Å². The van der Waals surface area contributed by atoms with Gasteiger partial charge in [-0.1, -0.05) is 18.2 Å². The standard InChI is InChI=1S/C19H22FN3O4/c1-26-15-7-5-14(6-8-15)18(22-9-11-27-12-10-22)13-21-17-4-2-3-16(20)19(17)23(24)25/h2-8,18,21H,9-13H2,1H3. The van der Waals surface area contributed by atoms with Crippen molar-refractivity contribution in [2.45, 2.75) is 6.04 Å². The lowest BCUT2D eigenvalue weighted by Gasteiger charge is -2.35. The van der Waals surface area contributed by atoms with Gasteiger partial charge < -0.3 is 14.8 Å². The molecule has 0 saturated carbocycles. The van der Waals surface area contributed by atoms with Crippen molar-refractivity contribution in [3.8, 4) is 5.75 Å². The van der Waals surface area contributed by atoms with Gasteiger partial charge in [-0.2, -0.15) is 4.39 Å². The van der Waals surface area contributed by atoms with Crippen LogP contribution >= 0.6 is 0 Å². The Bertz CT molecular complexity index is 779. The molecule has 1 saturated heterocycles. The number of hydrogen-bond acceptors (Lipinski definition) is 6. The first kappa shape index (κ1) is 19.1. The Hall–Kier alpha value is -2.71. The van der Waals surface area contributed by atoms with Crippen LogP contribution in [0, 0.1) is 15.9 Å². The fourth-order valence-corrected chi connectivity index (χ4v) is 3.22. The van der Waals surface area contributed by atoms with E-state index in [4.69, 9.17) is 9.47 Å².